The summed E-state index contributed by atoms with van der Waals surface area (Å²) < 4.78 is 5.66. The van der Waals surface area contributed by atoms with Crippen molar-refractivity contribution in [3.05, 3.63) is 35.5 Å². The molecule has 0 unspecified atom stereocenters. The Kier molecular flexibility index (Phi) is 3.99. The summed E-state index contributed by atoms with van der Waals surface area (Å²) >= 11 is 0. The van der Waals surface area contributed by atoms with Crippen LogP contribution in [0.5, 0.6) is 5.75 Å². The Morgan fingerprint density at radius 1 is 1.33 bits per heavy atom. The van der Waals surface area contributed by atoms with Gasteiger partial charge in [0.15, 0.2) is 0 Å². The number of benzene rings is 1. The highest BCUT2D eigenvalue weighted by atomic mass is 16.5. The number of aromatic nitrogens is 2. The number of para-hydroxylation sites is 1. The molecule has 0 amide bonds. The van der Waals surface area contributed by atoms with Gasteiger partial charge in [-0.1, -0.05) is 12.1 Å². The highest BCUT2D eigenvalue weighted by Gasteiger charge is 2.15. The molecule has 96 valence electrons. The van der Waals surface area contributed by atoms with Gasteiger partial charge in [-0.25, -0.2) is 0 Å². The summed E-state index contributed by atoms with van der Waals surface area (Å²) in [4.78, 5) is 0. The number of aromatic amines is 1. The lowest BCUT2D eigenvalue weighted by Crippen LogP contribution is -2.07. The third-order valence-electron chi connectivity index (χ3n) is 2.87. The van der Waals surface area contributed by atoms with Crippen molar-refractivity contribution in [3.63, 3.8) is 0 Å². The van der Waals surface area contributed by atoms with E-state index in [1.807, 2.05) is 45.2 Å². The largest absolute Gasteiger partial charge is 0.493 e. The first-order chi connectivity index (χ1) is 8.77. The predicted octanol–water partition coefficient (Wildman–Crippen LogP) is 2.50. The Balaban J connectivity index is 2.48. The summed E-state index contributed by atoms with van der Waals surface area (Å²) in [5, 5.41) is 10.6. The molecule has 1 heterocycles. The van der Waals surface area contributed by atoms with Gasteiger partial charge >= 0.3 is 0 Å². The van der Waals surface area contributed by atoms with Crippen LogP contribution in [0.3, 0.4) is 0 Å². The molecule has 0 atom stereocenters. The maximum Gasteiger partial charge on any atom is 0.128 e. The molecule has 4 nitrogen and oxygen atoms in total. The van der Waals surface area contributed by atoms with Gasteiger partial charge < -0.3 is 10.1 Å². The number of rotatable bonds is 5. The fourth-order valence-corrected chi connectivity index (χ4v) is 2.01. The number of nitrogens with one attached hydrogen (secondary N) is 2. The quantitative estimate of drug-likeness (QED) is 0.851. The molecule has 2 aromatic rings. The number of aryl methyl sites for hydroxylation is 1. The average molecular weight is 245 g/mol. The lowest BCUT2D eigenvalue weighted by molar-refractivity contribution is 0.341. The molecule has 2 rings (SSSR count). The van der Waals surface area contributed by atoms with Crippen molar-refractivity contribution in [2.45, 2.75) is 20.4 Å². The molecular weight excluding hydrogens is 226 g/mol. The van der Waals surface area contributed by atoms with Crippen LogP contribution in [0, 0.1) is 6.92 Å². The fourth-order valence-electron chi connectivity index (χ4n) is 2.01. The molecule has 0 fully saturated rings. The minimum Gasteiger partial charge on any atom is -0.493 e. The van der Waals surface area contributed by atoms with Crippen LogP contribution in [-0.2, 0) is 6.54 Å². The Morgan fingerprint density at radius 3 is 2.83 bits per heavy atom. The summed E-state index contributed by atoms with van der Waals surface area (Å²) in [6.45, 7) is 5.47. The molecule has 18 heavy (non-hydrogen) atoms. The van der Waals surface area contributed by atoms with Gasteiger partial charge in [0.1, 0.15) is 11.4 Å². The van der Waals surface area contributed by atoms with Gasteiger partial charge in [0.05, 0.1) is 6.61 Å². The van der Waals surface area contributed by atoms with Gasteiger partial charge in [-0.2, -0.15) is 5.10 Å². The number of hydrogen-bond acceptors (Lipinski definition) is 3. The van der Waals surface area contributed by atoms with Crippen molar-refractivity contribution in [2.75, 3.05) is 13.7 Å². The first-order valence-electron chi connectivity index (χ1n) is 6.18. The molecule has 0 aliphatic heterocycles. The smallest absolute Gasteiger partial charge is 0.128 e. The van der Waals surface area contributed by atoms with E-state index >= 15 is 0 Å². The lowest BCUT2D eigenvalue weighted by atomic mass is 10.1. The van der Waals surface area contributed by atoms with Gasteiger partial charge in [0.25, 0.3) is 0 Å². The zero-order valence-electron chi connectivity index (χ0n) is 11.1. The molecule has 4 heteroatoms. The van der Waals surface area contributed by atoms with Crippen LogP contribution >= 0.6 is 0 Å². The van der Waals surface area contributed by atoms with E-state index in [1.54, 1.807) is 0 Å². The van der Waals surface area contributed by atoms with E-state index in [0.29, 0.717) is 6.61 Å². The molecule has 0 aliphatic carbocycles. The van der Waals surface area contributed by atoms with Crippen molar-refractivity contribution in [1.82, 2.24) is 15.5 Å². The van der Waals surface area contributed by atoms with Gasteiger partial charge in [0, 0.05) is 23.4 Å². The van der Waals surface area contributed by atoms with E-state index < -0.39 is 0 Å². The molecule has 0 aliphatic rings. The summed E-state index contributed by atoms with van der Waals surface area (Å²) in [6.07, 6.45) is 0. The van der Waals surface area contributed by atoms with Gasteiger partial charge in [-0.15, -0.1) is 0 Å². The molecule has 0 radical (unpaired) electrons. The topological polar surface area (TPSA) is 49.9 Å². The maximum atomic E-state index is 5.66. The Hall–Kier alpha value is -1.81. The Labute approximate surface area is 107 Å². The Bertz CT molecular complexity index is 520. The van der Waals surface area contributed by atoms with E-state index in [-0.39, 0.29) is 0 Å². The molecule has 0 saturated heterocycles. The van der Waals surface area contributed by atoms with Crippen LogP contribution in [0.2, 0.25) is 0 Å². The summed E-state index contributed by atoms with van der Waals surface area (Å²) in [6, 6.07) is 8.00. The number of ether oxygens (including phenoxy) is 1. The van der Waals surface area contributed by atoms with Crippen LogP contribution in [0.1, 0.15) is 18.2 Å². The first kappa shape index (κ1) is 12.6. The minimum absolute atomic E-state index is 0.655. The van der Waals surface area contributed by atoms with E-state index in [1.165, 1.54) is 5.56 Å². The standard InChI is InChI=1S/C14H19N3O/c1-4-18-13-8-6-5-7-11(13)14-12(9-15-3)10(2)16-17-14/h5-8,15H,4,9H2,1-3H3,(H,16,17). The highest BCUT2D eigenvalue weighted by Crippen LogP contribution is 2.31. The molecule has 0 saturated carbocycles. The SMILES string of the molecule is CCOc1ccccc1-c1n[nH]c(C)c1CNC. The van der Waals surface area contributed by atoms with Crippen LogP contribution < -0.4 is 10.1 Å². The van der Waals surface area contributed by atoms with Gasteiger partial charge in [0.2, 0.25) is 0 Å². The molecule has 0 bridgehead atoms. The lowest BCUT2D eigenvalue weighted by Gasteiger charge is -2.09. The van der Waals surface area contributed by atoms with Crippen molar-refractivity contribution in [3.8, 4) is 17.0 Å². The highest BCUT2D eigenvalue weighted by molar-refractivity contribution is 5.70. The van der Waals surface area contributed by atoms with E-state index in [0.717, 1.165) is 29.2 Å². The third-order valence-corrected chi connectivity index (χ3v) is 2.87. The number of hydrogen-bond donors (Lipinski definition) is 2. The zero-order valence-corrected chi connectivity index (χ0v) is 11.1. The Morgan fingerprint density at radius 2 is 2.11 bits per heavy atom. The second-order valence-electron chi connectivity index (χ2n) is 4.14. The maximum absolute atomic E-state index is 5.66. The summed E-state index contributed by atoms with van der Waals surface area (Å²) in [5.41, 5.74) is 4.27. The summed E-state index contributed by atoms with van der Waals surface area (Å²) in [7, 11) is 1.94. The van der Waals surface area contributed by atoms with Crippen LogP contribution in [0.15, 0.2) is 24.3 Å². The zero-order chi connectivity index (χ0) is 13.0. The normalized spacial score (nSPS) is 10.6. The molecule has 1 aromatic heterocycles. The van der Waals surface area contributed by atoms with Gasteiger partial charge in [-0.05, 0) is 33.0 Å². The third kappa shape index (κ3) is 2.38. The van der Waals surface area contributed by atoms with Crippen LogP contribution in [0.25, 0.3) is 11.3 Å². The molecule has 2 N–H and O–H groups in total. The predicted molar refractivity (Wildman–Crippen MR) is 72.7 cm³/mol. The van der Waals surface area contributed by atoms with Crippen molar-refractivity contribution >= 4 is 0 Å². The van der Waals surface area contributed by atoms with Crippen molar-refractivity contribution in [1.29, 1.82) is 0 Å². The second-order valence-corrected chi connectivity index (χ2v) is 4.14. The van der Waals surface area contributed by atoms with E-state index in [2.05, 4.69) is 15.5 Å². The van der Waals surface area contributed by atoms with Crippen molar-refractivity contribution in [2.24, 2.45) is 0 Å². The van der Waals surface area contributed by atoms with Crippen molar-refractivity contribution < 1.29 is 4.74 Å². The second kappa shape index (κ2) is 5.69. The monoisotopic (exact) mass is 245 g/mol. The fraction of sp³-hybridized carbons (Fsp3) is 0.357. The first-order valence-corrected chi connectivity index (χ1v) is 6.18. The molecule has 1 aromatic carbocycles. The van der Waals surface area contributed by atoms with E-state index in [9.17, 15) is 0 Å². The summed E-state index contributed by atoms with van der Waals surface area (Å²) in [5.74, 6) is 0.879. The minimum atomic E-state index is 0.655. The van der Waals surface area contributed by atoms with E-state index in [4.69, 9.17) is 4.74 Å². The van der Waals surface area contributed by atoms with Gasteiger partial charge in [-0.3, -0.25) is 5.10 Å². The van der Waals surface area contributed by atoms with Crippen LogP contribution in [0.4, 0.5) is 0 Å². The molecular formula is C14H19N3O. The average Bonchev–Trinajstić information content (AvgIpc) is 2.73. The number of H-pyrrole nitrogens is 1. The molecule has 0 spiro atoms. The number of nitrogens with zero attached hydrogens (tertiary/aromatic N) is 1. The van der Waals surface area contributed by atoms with Crippen LogP contribution in [-0.4, -0.2) is 23.9 Å².